The topological polar surface area (TPSA) is 75.6 Å². The average molecular weight is 296 g/mol. The van der Waals surface area contributed by atoms with Gasteiger partial charge in [-0.15, -0.1) is 0 Å². The summed E-state index contributed by atoms with van der Waals surface area (Å²) in [4.78, 5) is 23.2. The number of nitrogens with one attached hydrogen (secondary N) is 1. The Kier molecular flexibility index (Phi) is 3.09. The first kappa shape index (κ1) is 13.2. The maximum atomic E-state index is 12.2. The zero-order chi connectivity index (χ0) is 14.3. The van der Waals surface area contributed by atoms with Gasteiger partial charge in [0.25, 0.3) is 0 Å². The molecule has 5 nitrogen and oxygen atoms in total. The molecule has 20 heavy (non-hydrogen) atoms. The highest BCUT2D eigenvalue weighted by Gasteiger charge is 2.52. The van der Waals surface area contributed by atoms with Crippen LogP contribution in [0.5, 0.6) is 5.75 Å². The first-order chi connectivity index (χ1) is 9.50. The van der Waals surface area contributed by atoms with Crippen molar-refractivity contribution in [3.05, 3.63) is 28.8 Å². The Morgan fingerprint density at radius 2 is 2.15 bits per heavy atom. The van der Waals surface area contributed by atoms with Crippen LogP contribution in [0.2, 0.25) is 5.02 Å². The number of rotatable bonds is 3. The van der Waals surface area contributed by atoms with Crippen LogP contribution >= 0.6 is 11.6 Å². The van der Waals surface area contributed by atoms with Gasteiger partial charge >= 0.3 is 5.97 Å². The van der Waals surface area contributed by atoms with Crippen LogP contribution in [0.4, 0.5) is 0 Å². The second kappa shape index (κ2) is 4.66. The fourth-order valence-electron chi connectivity index (χ4n) is 2.39. The van der Waals surface area contributed by atoms with Gasteiger partial charge in [0.2, 0.25) is 5.91 Å². The van der Waals surface area contributed by atoms with Gasteiger partial charge in [-0.05, 0) is 43.0 Å². The van der Waals surface area contributed by atoms with Crippen LogP contribution in [0.15, 0.2) is 18.2 Å². The summed E-state index contributed by atoms with van der Waals surface area (Å²) in [7, 11) is 0. The van der Waals surface area contributed by atoms with Crippen LogP contribution in [0.3, 0.4) is 0 Å². The van der Waals surface area contributed by atoms with E-state index in [0.29, 0.717) is 24.3 Å². The van der Waals surface area contributed by atoms with E-state index in [1.54, 1.807) is 18.2 Å². The van der Waals surface area contributed by atoms with Crippen molar-refractivity contribution in [2.45, 2.75) is 24.8 Å². The summed E-state index contributed by atoms with van der Waals surface area (Å²) in [5, 5.41) is 12.3. The second-order valence-corrected chi connectivity index (χ2v) is 5.78. The Labute approximate surface area is 120 Å². The number of hydrogen-bond acceptors (Lipinski definition) is 3. The van der Waals surface area contributed by atoms with Gasteiger partial charge in [0.15, 0.2) is 0 Å². The van der Waals surface area contributed by atoms with E-state index < -0.39 is 11.5 Å². The lowest BCUT2D eigenvalue weighted by atomic mass is 9.95. The number of carboxylic acids is 1. The molecule has 1 atom stereocenters. The normalized spacial score (nSPS) is 22.4. The highest BCUT2D eigenvalue weighted by atomic mass is 35.5. The number of carboxylic acid groups (broad SMARTS) is 1. The molecule has 6 heteroatoms. The number of halogens is 1. The molecule has 1 aromatic carbocycles. The van der Waals surface area contributed by atoms with Crippen molar-refractivity contribution in [3.63, 3.8) is 0 Å². The van der Waals surface area contributed by atoms with Gasteiger partial charge in [-0.25, -0.2) is 4.79 Å². The Morgan fingerprint density at radius 1 is 1.40 bits per heavy atom. The van der Waals surface area contributed by atoms with E-state index in [0.717, 1.165) is 11.3 Å². The fourth-order valence-corrected chi connectivity index (χ4v) is 2.58. The summed E-state index contributed by atoms with van der Waals surface area (Å²) in [6.45, 7) is 0.260. The van der Waals surface area contributed by atoms with E-state index in [1.165, 1.54) is 0 Å². The van der Waals surface area contributed by atoms with Gasteiger partial charge in [0.05, 0.1) is 5.92 Å². The van der Waals surface area contributed by atoms with Crippen LogP contribution in [0.1, 0.15) is 18.4 Å². The van der Waals surface area contributed by atoms with Gasteiger partial charge in [-0.1, -0.05) is 11.6 Å². The third-order valence-corrected chi connectivity index (χ3v) is 4.06. The van der Waals surface area contributed by atoms with Crippen molar-refractivity contribution in [2.75, 3.05) is 6.61 Å². The third kappa shape index (κ3) is 2.33. The summed E-state index contributed by atoms with van der Waals surface area (Å²) in [6, 6.07) is 5.30. The predicted molar refractivity (Wildman–Crippen MR) is 71.9 cm³/mol. The smallest absolute Gasteiger partial charge is 0.329 e. The van der Waals surface area contributed by atoms with E-state index in [1.807, 2.05) is 0 Å². The Bertz CT molecular complexity index is 583. The van der Waals surface area contributed by atoms with Gasteiger partial charge in [0, 0.05) is 5.02 Å². The molecule has 0 saturated heterocycles. The molecule has 1 heterocycles. The number of ether oxygens (including phenoxy) is 1. The minimum absolute atomic E-state index is 0.260. The third-order valence-electron chi connectivity index (χ3n) is 3.82. The Balaban J connectivity index is 1.70. The van der Waals surface area contributed by atoms with Crippen molar-refractivity contribution < 1.29 is 19.4 Å². The minimum Gasteiger partial charge on any atom is -0.492 e. The average Bonchev–Trinajstić information content (AvgIpc) is 3.18. The maximum Gasteiger partial charge on any atom is 0.329 e. The van der Waals surface area contributed by atoms with Crippen molar-refractivity contribution in [1.82, 2.24) is 5.32 Å². The number of amides is 1. The summed E-state index contributed by atoms with van der Waals surface area (Å²) in [5.41, 5.74) is -0.171. The highest BCUT2D eigenvalue weighted by Crippen LogP contribution is 2.36. The quantitative estimate of drug-likeness (QED) is 0.888. The molecule has 106 valence electrons. The molecule has 3 rings (SSSR count). The molecule has 1 aliphatic carbocycles. The largest absolute Gasteiger partial charge is 0.492 e. The van der Waals surface area contributed by atoms with E-state index in [2.05, 4.69) is 5.32 Å². The molecule has 1 saturated carbocycles. The molecule has 2 N–H and O–H groups in total. The molecule has 1 aliphatic heterocycles. The molecule has 0 bridgehead atoms. The molecule has 1 aromatic rings. The van der Waals surface area contributed by atoms with Crippen molar-refractivity contribution in [2.24, 2.45) is 5.92 Å². The molecule has 0 unspecified atom stereocenters. The SMILES string of the molecule is O=C(NC1(C(=O)O)CC1)[C@H]1COc2ccc(Cl)cc2C1. The molecule has 1 fully saturated rings. The van der Waals surface area contributed by atoms with Crippen molar-refractivity contribution in [3.8, 4) is 5.75 Å². The summed E-state index contributed by atoms with van der Waals surface area (Å²) < 4.78 is 5.54. The summed E-state index contributed by atoms with van der Waals surface area (Å²) in [6.07, 6.45) is 1.49. The monoisotopic (exact) mass is 295 g/mol. The Morgan fingerprint density at radius 3 is 2.80 bits per heavy atom. The molecule has 2 aliphatic rings. The maximum absolute atomic E-state index is 12.2. The van der Waals surface area contributed by atoms with Crippen molar-refractivity contribution in [1.29, 1.82) is 0 Å². The lowest BCUT2D eigenvalue weighted by molar-refractivity contribution is -0.144. The molecule has 0 spiro atoms. The number of aliphatic carboxylic acids is 1. The molecule has 0 aromatic heterocycles. The summed E-state index contributed by atoms with van der Waals surface area (Å²) in [5.74, 6) is -0.878. The van der Waals surface area contributed by atoms with Crippen LogP contribution in [-0.4, -0.2) is 29.1 Å². The fraction of sp³-hybridized carbons (Fsp3) is 0.429. The standard InChI is InChI=1S/C14H14ClNO4/c15-10-1-2-11-8(6-10)5-9(7-20-11)12(17)16-14(3-4-14)13(18)19/h1-2,6,9H,3-5,7H2,(H,16,17)(H,18,19)/t9-/m1/s1. The first-order valence-corrected chi connectivity index (χ1v) is 6.85. The second-order valence-electron chi connectivity index (χ2n) is 5.34. The zero-order valence-electron chi connectivity index (χ0n) is 10.7. The first-order valence-electron chi connectivity index (χ1n) is 6.47. The van der Waals surface area contributed by atoms with Crippen LogP contribution in [0.25, 0.3) is 0 Å². The number of carbonyl (C=O) groups excluding carboxylic acids is 1. The number of hydrogen-bond donors (Lipinski definition) is 2. The molecular weight excluding hydrogens is 282 g/mol. The van der Waals surface area contributed by atoms with E-state index in [4.69, 9.17) is 21.4 Å². The molecule has 0 radical (unpaired) electrons. The lowest BCUT2D eigenvalue weighted by Gasteiger charge is -2.26. The lowest BCUT2D eigenvalue weighted by Crippen LogP contribution is -2.47. The van der Waals surface area contributed by atoms with Crippen LogP contribution in [0, 0.1) is 5.92 Å². The summed E-state index contributed by atoms with van der Waals surface area (Å²) >= 11 is 5.93. The zero-order valence-corrected chi connectivity index (χ0v) is 11.4. The number of fused-ring (bicyclic) bond motifs is 1. The van der Waals surface area contributed by atoms with Gasteiger partial charge in [0.1, 0.15) is 17.9 Å². The Hall–Kier alpha value is -1.75. The van der Waals surface area contributed by atoms with Crippen LogP contribution < -0.4 is 10.1 Å². The van der Waals surface area contributed by atoms with Gasteiger partial charge < -0.3 is 15.2 Å². The number of carbonyl (C=O) groups is 2. The van der Waals surface area contributed by atoms with E-state index >= 15 is 0 Å². The molecule has 1 amide bonds. The van der Waals surface area contributed by atoms with E-state index in [-0.39, 0.29) is 18.4 Å². The van der Waals surface area contributed by atoms with Crippen molar-refractivity contribution >= 4 is 23.5 Å². The number of benzene rings is 1. The minimum atomic E-state index is -1.05. The highest BCUT2D eigenvalue weighted by molar-refractivity contribution is 6.30. The van der Waals surface area contributed by atoms with Gasteiger partial charge in [-0.3, -0.25) is 4.79 Å². The van der Waals surface area contributed by atoms with Gasteiger partial charge in [-0.2, -0.15) is 0 Å². The van der Waals surface area contributed by atoms with Crippen LogP contribution in [-0.2, 0) is 16.0 Å². The predicted octanol–water partition coefficient (Wildman–Crippen LogP) is 1.62. The molecular formula is C14H14ClNO4. The van der Waals surface area contributed by atoms with E-state index in [9.17, 15) is 9.59 Å².